The molecule has 0 bridgehead atoms. The lowest BCUT2D eigenvalue weighted by molar-refractivity contribution is -0.148. The van der Waals surface area contributed by atoms with Gasteiger partial charge in [-0.15, -0.1) is 0 Å². The largest absolute Gasteiger partial charge is 0.495 e. The van der Waals surface area contributed by atoms with E-state index in [0.717, 1.165) is 11.1 Å². The van der Waals surface area contributed by atoms with Gasteiger partial charge in [0.2, 0.25) is 0 Å². The van der Waals surface area contributed by atoms with Gasteiger partial charge in [-0.25, -0.2) is 4.79 Å². The number of carbonyl (C=O) groups is 2. The van der Waals surface area contributed by atoms with E-state index in [0.29, 0.717) is 11.4 Å². The molecule has 0 spiro atoms. The van der Waals surface area contributed by atoms with E-state index in [2.05, 4.69) is 5.32 Å². The number of para-hydroxylation sites is 2. The summed E-state index contributed by atoms with van der Waals surface area (Å²) in [5.74, 6) is -0.474. The molecule has 25 heavy (non-hydrogen) atoms. The van der Waals surface area contributed by atoms with Gasteiger partial charge in [0.1, 0.15) is 5.75 Å². The Morgan fingerprint density at radius 2 is 1.76 bits per heavy atom. The molecule has 2 aromatic carbocycles. The smallest absolute Gasteiger partial charge is 0.331 e. The number of methoxy groups -OCH3 is 1. The van der Waals surface area contributed by atoms with Gasteiger partial charge in [-0.3, -0.25) is 4.79 Å². The number of rotatable bonds is 6. The van der Waals surface area contributed by atoms with Crippen molar-refractivity contribution < 1.29 is 19.1 Å². The number of hydrogen-bond donors (Lipinski definition) is 1. The van der Waals surface area contributed by atoms with Crippen LogP contribution in [-0.2, 0) is 14.3 Å². The molecule has 1 atom stereocenters. The molecule has 0 aromatic heterocycles. The molecule has 0 fully saturated rings. The van der Waals surface area contributed by atoms with Gasteiger partial charge in [-0.1, -0.05) is 42.0 Å². The van der Waals surface area contributed by atoms with Gasteiger partial charge in [-0.05, 0) is 37.6 Å². The quantitative estimate of drug-likeness (QED) is 0.645. The molecule has 0 aliphatic heterocycles. The van der Waals surface area contributed by atoms with Crippen molar-refractivity contribution in [2.45, 2.75) is 20.0 Å². The first-order valence-electron chi connectivity index (χ1n) is 7.89. The van der Waals surface area contributed by atoms with Gasteiger partial charge in [0, 0.05) is 6.08 Å². The van der Waals surface area contributed by atoms with Crippen LogP contribution in [0.4, 0.5) is 5.69 Å². The van der Waals surface area contributed by atoms with Crippen molar-refractivity contribution in [2.24, 2.45) is 0 Å². The van der Waals surface area contributed by atoms with E-state index in [1.807, 2.05) is 31.2 Å². The number of hydrogen-bond acceptors (Lipinski definition) is 4. The van der Waals surface area contributed by atoms with Crippen molar-refractivity contribution in [3.05, 3.63) is 65.7 Å². The normalized spacial score (nSPS) is 11.8. The summed E-state index contributed by atoms with van der Waals surface area (Å²) in [6, 6.07) is 14.7. The van der Waals surface area contributed by atoms with Gasteiger partial charge < -0.3 is 14.8 Å². The molecular formula is C20H21NO4. The number of aryl methyl sites for hydroxylation is 1. The molecule has 2 aromatic rings. The fraction of sp³-hybridized carbons (Fsp3) is 0.200. The Hall–Kier alpha value is -3.08. The highest BCUT2D eigenvalue weighted by Crippen LogP contribution is 2.23. The van der Waals surface area contributed by atoms with Crippen molar-refractivity contribution in [3.63, 3.8) is 0 Å². The molecule has 1 N–H and O–H groups in total. The Labute approximate surface area is 147 Å². The third-order valence-electron chi connectivity index (χ3n) is 3.52. The zero-order valence-electron chi connectivity index (χ0n) is 14.5. The monoisotopic (exact) mass is 339 g/mol. The average Bonchev–Trinajstić information content (AvgIpc) is 2.61. The minimum Gasteiger partial charge on any atom is -0.495 e. The molecule has 5 heteroatoms. The van der Waals surface area contributed by atoms with Crippen LogP contribution in [-0.4, -0.2) is 25.1 Å². The zero-order valence-corrected chi connectivity index (χ0v) is 14.5. The molecule has 130 valence electrons. The van der Waals surface area contributed by atoms with Gasteiger partial charge in [-0.2, -0.15) is 0 Å². The summed E-state index contributed by atoms with van der Waals surface area (Å²) in [4.78, 5) is 24.0. The summed E-state index contributed by atoms with van der Waals surface area (Å²) in [6.07, 6.45) is 2.02. The molecule has 0 saturated carbocycles. The summed E-state index contributed by atoms with van der Waals surface area (Å²) in [7, 11) is 1.52. The van der Waals surface area contributed by atoms with Crippen molar-refractivity contribution in [1.82, 2.24) is 0 Å². The van der Waals surface area contributed by atoms with E-state index in [1.54, 1.807) is 30.3 Å². The van der Waals surface area contributed by atoms with Crippen molar-refractivity contribution in [3.8, 4) is 5.75 Å². The van der Waals surface area contributed by atoms with E-state index in [9.17, 15) is 9.59 Å². The standard InChI is InChI=1S/C20H21NO4/c1-14-8-10-16(11-9-14)12-13-19(22)25-15(2)20(23)21-17-6-4-5-7-18(17)24-3/h4-13,15H,1-3H3,(H,21,23)/b13-12+. The molecule has 0 saturated heterocycles. The third kappa shape index (κ3) is 5.49. The van der Waals surface area contributed by atoms with Crippen LogP contribution in [0, 0.1) is 6.92 Å². The Kier molecular flexibility index (Phi) is 6.34. The number of ether oxygens (including phenoxy) is 2. The average molecular weight is 339 g/mol. The number of benzene rings is 2. The van der Waals surface area contributed by atoms with Crippen LogP contribution in [0.3, 0.4) is 0 Å². The van der Waals surface area contributed by atoms with Gasteiger partial charge in [0.25, 0.3) is 5.91 Å². The van der Waals surface area contributed by atoms with E-state index in [-0.39, 0.29) is 0 Å². The Morgan fingerprint density at radius 1 is 1.08 bits per heavy atom. The van der Waals surface area contributed by atoms with Crippen molar-refractivity contribution >= 4 is 23.6 Å². The molecular weight excluding hydrogens is 318 g/mol. The van der Waals surface area contributed by atoms with Crippen LogP contribution in [0.25, 0.3) is 6.08 Å². The maximum absolute atomic E-state index is 12.2. The Balaban J connectivity index is 1.91. The highest BCUT2D eigenvalue weighted by Gasteiger charge is 2.17. The number of amides is 1. The molecule has 0 heterocycles. The Bertz CT molecular complexity index is 766. The first-order chi connectivity index (χ1) is 12.0. The van der Waals surface area contributed by atoms with Crippen LogP contribution >= 0.6 is 0 Å². The second-order valence-electron chi connectivity index (χ2n) is 5.51. The second kappa shape index (κ2) is 8.68. The number of anilines is 1. The molecule has 1 unspecified atom stereocenters. The highest BCUT2D eigenvalue weighted by atomic mass is 16.5. The van der Waals surface area contributed by atoms with Gasteiger partial charge >= 0.3 is 5.97 Å². The van der Waals surface area contributed by atoms with E-state index in [1.165, 1.54) is 20.1 Å². The number of esters is 1. The highest BCUT2D eigenvalue weighted by molar-refractivity contribution is 5.97. The summed E-state index contributed by atoms with van der Waals surface area (Å²) in [6.45, 7) is 3.51. The fourth-order valence-corrected chi connectivity index (χ4v) is 2.09. The molecule has 5 nitrogen and oxygen atoms in total. The fourth-order valence-electron chi connectivity index (χ4n) is 2.09. The summed E-state index contributed by atoms with van der Waals surface area (Å²) in [5, 5.41) is 2.68. The minimum atomic E-state index is -0.930. The third-order valence-corrected chi connectivity index (χ3v) is 3.52. The summed E-state index contributed by atoms with van der Waals surface area (Å²) in [5.41, 5.74) is 2.54. The Morgan fingerprint density at radius 3 is 2.44 bits per heavy atom. The maximum Gasteiger partial charge on any atom is 0.331 e. The molecule has 2 rings (SSSR count). The minimum absolute atomic E-state index is 0.429. The first-order valence-corrected chi connectivity index (χ1v) is 7.89. The van der Waals surface area contributed by atoms with Crippen LogP contribution in [0.1, 0.15) is 18.1 Å². The topological polar surface area (TPSA) is 64.6 Å². The predicted octanol–water partition coefficient (Wildman–Crippen LogP) is 3.59. The lowest BCUT2D eigenvalue weighted by atomic mass is 10.1. The van der Waals surface area contributed by atoms with E-state index < -0.39 is 18.0 Å². The van der Waals surface area contributed by atoms with Crippen LogP contribution in [0.2, 0.25) is 0 Å². The first kappa shape index (κ1) is 18.3. The summed E-state index contributed by atoms with van der Waals surface area (Å²) < 4.78 is 10.3. The van der Waals surface area contributed by atoms with Crippen molar-refractivity contribution in [2.75, 3.05) is 12.4 Å². The number of nitrogens with one attached hydrogen (secondary N) is 1. The van der Waals surface area contributed by atoms with Gasteiger partial charge in [0.15, 0.2) is 6.10 Å². The lowest BCUT2D eigenvalue weighted by Crippen LogP contribution is -2.29. The molecule has 0 radical (unpaired) electrons. The maximum atomic E-state index is 12.2. The van der Waals surface area contributed by atoms with Crippen LogP contribution in [0.15, 0.2) is 54.6 Å². The SMILES string of the molecule is COc1ccccc1NC(=O)C(C)OC(=O)/C=C/c1ccc(C)cc1. The zero-order chi connectivity index (χ0) is 18.2. The predicted molar refractivity (Wildman–Crippen MR) is 97.4 cm³/mol. The number of carbonyl (C=O) groups excluding carboxylic acids is 2. The van der Waals surface area contributed by atoms with Crippen molar-refractivity contribution in [1.29, 1.82) is 0 Å². The molecule has 0 aliphatic rings. The molecule has 0 aliphatic carbocycles. The van der Waals surface area contributed by atoms with Crippen LogP contribution in [0.5, 0.6) is 5.75 Å². The van der Waals surface area contributed by atoms with Crippen LogP contribution < -0.4 is 10.1 Å². The van der Waals surface area contributed by atoms with Gasteiger partial charge in [0.05, 0.1) is 12.8 Å². The van der Waals surface area contributed by atoms with E-state index in [4.69, 9.17) is 9.47 Å². The molecule has 1 amide bonds. The second-order valence-corrected chi connectivity index (χ2v) is 5.51. The van der Waals surface area contributed by atoms with E-state index >= 15 is 0 Å². The lowest BCUT2D eigenvalue weighted by Gasteiger charge is -2.14. The summed E-state index contributed by atoms with van der Waals surface area (Å²) >= 11 is 0.